The van der Waals surface area contributed by atoms with Gasteiger partial charge in [0.1, 0.15) is 5.75 Å². The molecule has 4 nitrogen and oxygen atoms in total. The number of phenols is 1. The summed E-state index contributed by atoms with van der Waals surface area (Å²) in [6, 6.07) is 5.59. The maximum Gasteiger partial charge on any atom is 0.303 e. The van der Waals surface area contributed by atoms with Crippen LogP contribution in [-0.2, 0) is 11.2 Å². The van der Waals surface area contributed by atoms with Crippen LogP contribution in [0.4, 0.5) is 0 Å². The van der Waals surface area contributed by atoms with Crippen LogP contribution in [0.5, 0.6) is 5.75 Å². The summed E-state index contributed by atoms with van der Waals surface area (Å²) >= 11 is 0. The summed E-state index contributed by atoms with van der Waals surface area (Å²) in [5.74, 6) is -0.166. The maximum atomic E-state index is 10.4. The van der Waals surface area contributed by atoms with Crippen LogP contribution >= 0.6 is 0 Å². The lowest BCUT2D eigenvalue weighted by molar-refractivity contribution is -0.137. The third-order valence-corrected chi connectivity index (χ3v) is 3.70. The Morgan fingerprint density at radius 3 is 2.89 bits per heavy atom. The Bertz CT molecular complexity index is 445. The van der Waals surface area contributed by atoms with Gasteiger partial charge in [-0.05, 0) is 42.4 Å². The number of benzene rings is 1. The van der Waals surface area contributed by atoms with E-state index < -0.39 is 5.97 Å². The molecule has 4 heteroatoms. The van der Waals surface area contributed by atoms with Crippen LogP contribution in [0.3, 0.4) is 0 Å². The van der Waals surface area contributed by atoms with Crippen molar-refractivity contribution in [2.75, 3.05) is 0 Å². The molecular formula is C14H19NO3. The van der Waals surface area contributed by atoms with Crippen LogP contribution in [0.25, 0.3) is 0 Å². The molecule has 4 N–H and O–H groups in total. The van der Waals surface area contributed by atoms with Gasteiger partial charge in [0, 0.05) is 12.5 Å². The van der Waals surface area contributed by atoms with Crippen molar-refractivity contribution in [3.05, 3.63) is 29.3 Å². The zero-order valence-corrected chi connectivity index (χ0v) is 10.3. The van der Waals surface area contributed by atoms with Gasteiger partial charge in [0.2, 0.25) is 0 Å². The fourth-order valence-corrected chi connectivity index (χ4v) is 2.78. The SMILES string of the molecule is NC1Cc2c(O)cccc2C1CCCCC(=O)O. The molecule has 0 saturated carbocycles. The number of hydrogen-bond acceptors (Lipinski definition) is 3. The summed E-state index contributed by atoms with van der Waals surface area (Å²) in [7, 11) is 0. The number of unbranched alkanes of at least 4 members (excludes halogenated alkanes) is 1. The van der Waals surface area contributed by atoms with Gasteiger partial charge in [0.05, 0.1) is 0 Å². The monoisotopic (exact) mass is 249 g/mol. The molecule has 1 aromatic carbocycles. The number of rotatable bonds is 5. The lowest BCUT2D eigenvalue weighted by atomic mass is 9.92. The highest BCUT2D eigenvalue weighted by atomic mass is 16.4. The fraction of sp³-hybridized carbons (Fsp3) is 0.500. The van der Waals surface area contributed by atoms with Crippen LogP contribution in [0.1, 0.15) is 42.7 Å². The maximum absolute atomic E-state index is 10.4. The second-order valence-corrected chi connectivity index (χ2v) is 4.96. The third kappa shape index (κ3) is 2.64. The van der Waals surface area contributed by atoms with E-state index in [1.165, 1.54) is 0 Å². The minimum Gasteiger partial charge on any atom is -0.508 e. The first-order valence-electron chi connectivity index (χ1n) is 6.37. The average Bonchev–Trinajstić information content (AvgIpc) is 2.63. The van der Waals surface area contributed by atoms with E-state index in [1.807, 2.05) is 12.1 Å². The Labute approximate surface area is 106 Å². The van der Waals surface area contributed by atoms with Crippen molar-refractivity contribution in [1.82, 2.24) is 0 Å². The number of aliphatic carboxylic acids is 1. The Kier molecular flexibility index (Phi) is 3.87. The Morgan fingerprint density at radius 2 is 2.17 bits per heavy atom. The van der Waals surface area contributed by atoms with Crippen LogP contribution in [0, 0.1) is 0 Å². The highest BCUT2D eigenvalue weighted by molar-refractivity contribution is 5.66. The lowest BCUT2D eigenvalue weighted by Gasteiger charge is -2.16. The van der Waals surface area contributed by atoms with E-state index in [2.05, 4.69) is 0 Å². The zero-order valence-electron chi connectivity index (χ0n) is 10.3. The topological polar surface area (TPSA) is 83.5 Å². The molecule has 0 bridgehead atoms. The average molecular weight is 249 g/mol. The van der Waals surface area contributed by atoms with Crippen LogP contribution < -0.4 is 5.73 Å². The Morgan fingerprint density at radius 1 is 1.39 bits per heavy atom. The number of nitrogens with two attached hydrogens (primary N) is 1. The van der Waals surface area contributed by atoms with E-state index in [0.717, 1.165) is 24.0 Å². The summed E-state index contributed by atoms with van der Waals surface area (Å²) in [6.45, 7) is 0. The van der Waals surface area contributed by atoms with Gasteiger partial charge in [-0.1, -0.05) is 18.6 Å². The molecule has 0 saturated heterocycles. The van der Waals surface area contributed by atoms with Gasteiger partial charge in [0.25, 0.3) is 0 Å². The lowest BCUT2D eigenvalue weighted by Crippen LogP contribution is -2.24. The van der Waals surface area contributed by atoms with Gasteiger partial charge in [-0.15, -0.1) is 0 Å². The molecule has 2 unspecified atom stereocenters. The second kappa shape index (κ2) is 5.40. The number of hydrogen-bond donors (Lipinski definition) is 3. The molecule has 0 radical (unpaired) electrons. The molecule has 0 amide bonds. The number of carboxylic acids is 1. The second-order valence-electron chi connectivity index (χ2n) is 4.96. The van der Waals surface area contributed by atoms with E-state index in [1.54, 1.807) is 6.07 Å². The molecule has 18 heavy (non-hydrogen) atoms. The zero-order chi connectivity index (χ0) is 13.1. The van der Waals surface area contributed by atoms with Gasteiger partial charge in [-0.2, -0.15) is 0 Å². The van der Waals surface area contributed by atoms with E-state index >= 15 is 0 Å². The van der Waals surface area contributed by atoms with Crippen LogP contribution in [-0.4, -0.2) is 22.2 Å². The molecule has 1 aliphatic carbocycles. The first kappa shape index (κ1) is 12.9. The summed E-state index contributed by atoms with van der Waals surface area (Å²) in [6.07, 6.45) is 3.37. The number of carboxylic acid groups (broad SMARTS) is 1. The summed E-state index contributed by atoms with van der Waals surface area (Å²) in [4.78, 5) is 10.4. The van der Waals surface area contributed by atoms with E-state index in [-0.39, 0.29) is 18.4 Å². The number of carbonyl (C=O) groups is 1. The van der Waals surface area contributed by atoms with E-state index in [9.17, 15) is 9.90 Å². The largest absolute Gasteiger partial charge is 0.508 e. The first-order valence-corrected chi connectivity index (χ1v) is 6.37. The van der Waals surface area contributed by atoms with Crippen LogP contribution in [0.2, 0.25) is 0 Å². The first-order chi connectivity index (χ1) is 8.59. The molecule has 2 rings (SSSR count). The normalized spacial score (nSPS) is 21.8. The van der Waals surface area contributed by atoms with Crippen LogP contribution in [0.15, 0.2) is 18.2 Å². The van der Waals surface area contributed by atoms with Crippen molar-refractivity contribution < 1.29 is 15.0 Å². The molecular weight excluding hydrogens is 230 g/mol. The Balaban J connectivity index is 1.98. The molecule has 0 spiro atoms. The third-order valence-electron chi connectivity index (χ3n) is 3.70. The fourth-order valence-electron chi connectivity index (χ4n) is 2.78. The van der Waals surface area contributed by atoms with Gasteiger partial charge in [-0.3, -0.25) is 4.79 Å². The standard InChI is InChI=1S/C14H19NO3/c15-12-8-11-9(5-3-6-13(11)16)10(12)4-1-2-7-14(17)18/h3,5-6,10,12,16H,1-2,4,7-8,15H2,(H,17,18). The van der Waals surface area contributed by atoms with Gasteiger partial charge in [0.15, 0.2) is 0 Å². The number of fused-ring (bicyclic) bond motifs is 1. The van der Waals surface area contributed by atoms with Crippen molar-refractivity contribution in [3.63, 3.8) is 0 Å². The summed E-state index contributed by atoms with van der Waals surface area (Å²) in [5.41, 5.74) is 8.22. The molecule has 1 aliphatic rings. The van der Waals surface area contributed by atoms with Crippen molar-refractivity contribution in [1.29, 1.82) is 0 Å². The van der Waals surface area contributed by atoms with Crippen molar-refractivity contribution in [2.45, 2.75) is 44.1 Å². The molecule has 0 aliphatic heterocycles. The van der Waals surface area contributed by atoms with Crippen molar-refractivity contribution >= 4 is 5.97 Å². The molecule has 0 heterocycles. The predicted molar refractivity (Wildman–Crippen MR) is 68.6 cm³/mol. The van der Waals surface area contributed by atoms with E-state index in [4.69, 9.17) is 10.8 Å². The van der Waals surface area contributed by atoms with Gasteiger partial charge < -0.3 is 15.9 Å². The number of phenolic OH excluding ortho intramolecular Hbond substituents is 1. The van der Waals surface area contributed by atoms with Crippen molar-refractivity contribution in [3.8, 4) is 5.75 Å². The summed E-state index contributed by atoms with van der Waals surface area (Å²) < 4.78 is 0. The van der Waals surface area contributed by atoms with Gasteiger partial charge >= 0.3 is 5.97 Å². The minimum absolute atomic E-state index is 0.0399. The highest BCUT2D eigenvalue weighted by Crippen LogP contribution is 2.39. The molecule has 0 fully saturated rings. The quantitative estimate of drug-likeness (QED) is 0.697. The highest BCUT2D eigenvalue weighted by Gasteiger charge is 2.30. The summed E-state index contributed by atoms with van der Waals surface area (Å²) in [5, 5.41) is 18.4. The molecule has 0 aromatic heterocycles. The number of aromatic hydroxyl groups is 1. The molecule has 2 atom stereocenters. The smallest absolute Gasteiger partial charge is 0.303 e. The molecule has 98 valence electrons. The van der Waals surface area contributed by atoms with E-state index in [0.29, 0.717) is 18.6 Å². The van der Waals surface area contributed by atoms with Gasteiger partial charge in [-0.25, -0.2) is 0 Å². The van der Waals surface area contributed by atoms with Crippen molar-refractivity contribution in [2.24, 2.45) is 5.73 Å². The molecule has 1 aromatic rings. The minimum atomic E-state index is -0.747. The predicted octanol–water partition coefficient (Wildman–Crippen LogP) is 2.00. The Hall–Kier alpha value is -1.55.